The summed E-state index contributed by atoms with van der Waals surface area (Å²) in [7, 11) is 0. The van der Waals surface area contributed by atoms with E-state index in [0.717, 1.165) is 47.7 Å². The Morgan fingerprint density at radius 1 is 1.03 bits per heavy atom. The lowest BCUT2D eigenvalue weighted by Gasteiger charge is -2.25. The van der Waals surface area contributed by atoms with Crippen LogP contribution in [0.5, 0.6) is 5.75 Å². The Hall–Kier alpha value is -2.32. The van der Waals surface area contributed by atoms with Crippen molar-refractivity contribution < 1.29 is 23.0 Å². The topological polar surface area (TPSA) is 48.8 Å². The summed E-state index contributed by atoms with van der Waals surface area (Å²) in [6.45, 7) is 9.59. The summed E-state index contributed by atoms with van der Waals surface area (Å²) in [5.74, 6) is 1.37. The van der Waals surface area contributed by atoms with Gasteiger partial charge in [-0.25, -0.2) is 4.98 Å². The van der Waals surface area contributed by atoms with Crippen LogP contribution in [0.25, 0.3) is 0 Å². The van der Waals surface area contributed by atoms with Crippen LogP contribution in [-0.2, 0) is 6.18 Å². The van der Waals surface area contributed by atoms with E-state index in [4.69, 9.17) is 4.74 Å². The SMILES string of the molecule is Cc1ccc(C)c(OCC(O)CN2CCCN(c3ccc(C(F)(F)F)cn3)CC2)c1C. The first-order valence-corrected chi connectivity index (χ1v) is 10.5. The van der Waals surface area contributed by atoms with Gasteiger partial charge in [0.1, 0.15) is 24.3 Å². The Labute approximate surface area is 181 Å². The summed E-state index contributed by atoms with van der Waals surface area (Å²) in [4.78, 5) is 8.15. The van der Waals surface area contributed by atoms with Crippen molar-refractivity contribution in [2.45, 2.75) is 39.5 Å². The zero-order chi connectivity index (χ0) is 22.6. The van der Waals surface area contributed by atoms with Crippen LogP contribution in [0.2, 0.25) is 0 Å². The van der Waals surface area contributed by atoms with Crippen molar-refractivity contribution in [2.24, 2.45) is 0 Å². The predicted molar refractivity (Wildman–Crippen MR) is 115 cm³/mol. The molecule has 170 valence electrons. The summed E-state index contributed by atoms with van der Waals surface area (Å²) >= 11 is 0. The maximum atomic E-state index is 12.7. The maximum Gasteiger partial charge on any atom is 0.417 e. The second-order valence-corrected chi connectivity index (χ2v) is 8.16. The van der Waals surface area contributed by atoms with Crippen LogP contribution in [0.15, 0.2) is 30.5 Å². The third kappa shape index (κ3) is 6.11. The number of benzene rings is 1. The highest BCUT2D eigenvalue weighted by molar-refractivity contribution is 5.44. The van der Waals surface area contributed by atoms with Gasteiger partial charge in [-0.05, 0) is 62.6 Å². The number of nitrogens with zero attached hydrogens (tertiary/aromatic N) is 3. The van der Waals surface area contributed by atoms with Crippen LogP contribution in [0.1, 0.15) is 28.7 Å². The van der Waals surface area contributed by atoms with Gasteiger partial charge in [0.15, 0.2) is 0 Å². The summed E-state index contributed by atoms with van der Waals surface area (Å²) in [5.41, 5.74) is 2.54. The number of aliphatic hydroxyl groups is 1. The van der Waals surface area contributed by atoms with Gasteiger partial charge >= 0.3 is 6.18 Å². The smallest absolute Gasteiger partial charge is 0.417 e. The van der Waals surface area contributed by atoms with Crippen molar-refractivity contribution in [3.63, 3.8) is 0 Å². The Morgan fingerprint density at radius 2 is 1.77 bits per heavy atom. The summed E-state index contributed by atoms with van der Waals surface area (Å²) in [5, 5.41) is 10.5. The van der Waals surface area contributed by atoms with Crippen LogP contribution in [-0.4, -0.2) is 60.4 Å². The Bertz CT molecular complexity index is 872. The number of hydrogen-bond donors (Lipinski definition) is 1. The fourth-order valence-electron chi connectivity index (χ4n) is 3.80. The number of anilines is 1. The van der Waals surface area contributed by atoms with E-state index in [1.807, 2.05) is 31.7 Å². The minimum atomic E-state index is -4.38. The van der Waals surface area contributed by atoms with Crippen LogP contribution >= 0.6 is 0 Å². The maximum absolute atomic E-state index is 12.7. The van der Waals surface area contributed by atoms with E-state index < -0.39 is 17.8 Å². The molecule has 2 aromatic rings. The van der Waals surface area contributed by atoms with Gasteiger partial charge in [0.2, 0.25) is 0 Å². The van der Waals surface area contributed by atoms with Crippen LogP contribution in [0, 0.1) is 20.8 Å². The number of pyridine rings is 1. The fourth-order valence-corrected chi connectivity index (χ4v) is 3.80. The van der Waals surface area contributed by atoms with Crippen molar-refractivity contribution in [3.05, 3.63) is 52.7 Å². The van der Waals surface area contributed by atoms with E-state index in [-0.39, 0.29) is 6.61 Å². The highest BCUT2D eigenvalue weighted by atomic mass is 19.4. The molecule has 0 amide bonds. The summed E-state index contributed by atoms with van der Waals surface area (Å²) < 4.78 is 44.1. The van der Waals surface area contributed by atoms with Crippen LogP contribution in [0.4, 0.5) is 19.0 Å². The molecule has 1 saturated heterocycles. The zero-order valence-corrected chi connectivity index (χ0v) is 18.2. The van der Waals surface area contributed by atoms with Gasteiger partial charge in [0.05, 0.1) is 5.56 Å². The average Bonchev–Trinajstić information content (AvgIpc) is 2.96. The second-order valence-electron chi connectivity index (χ2n) is 8.16. The number of ether oxygens (including phenoxy) is 1. The van der Waals surface area contributed by atoms with Crippen LogP contribution < -0.4 is 9.64 Å². The van der Waals surface area contributed by atoms with Gasteiger partial charge in [-0.2, -0.15) is 13.2 Å². The lowest BCUT2D eigenvalue weighted by atomic mass is 10.1. The van der Waals surface area contributed by atoms with Gasteiger partial charge < -0.3 is 14.7 Å². The number of rotatable bonds is 6. The van der Waals surface area contributed by atoms with Crippen molar-refractivity contribution in [1.29, 1.82) is 0 Å². The molecule has 1 atom stereocenters. The van der Waals surface area contributed by atoms with Gasteiger partial charge in [-0.1, -0.05) is 12.1 Å². The number of alkyl halides is 3. The first kappa shape index (κ1) is 23.3. The monoisotopic (exact) mass is 437 g/mol. The molecule has 0 radical (unpaired) electrons. The highest BCUT2D eigenvalue weighted by Crippen LogP contribution is 2.29. The molecule has 1 fully saturated rings. The fraction of sp³-hybridized carbons (Fsp3) is 0.522. The molecule has 0 aliphatic carbocycles. The van der Waals surface area contributed by atoms with Gasteiger partial charge in [-0.3, -0.25) is 4.90 Å². The lowest BCUT2D eigenvalue weighted by Crippen LogP contribution is -2.38. The Kier molecular flexibility index (Phi) is 7.43. The zero-order valence-electron chi connectivity index (χ0n) is 18.2. The van der Waals surface area contributed by atoms with Gasteiger partial charge in [0.25, 0.3) is 0 Å². The first-order chi connectivity index (χ1) is 14.6. The minimum Gasteiger partial charge on any atom is -0.490 e. The minimum absolute atomic E-state index is 0.214. The van der Waals surface area contributed by atoms with Crippen molar-refractivity contribution in [3.8, 4) is 5.75 Å². The molecule has 1 aromatic heterocycles. The van der Waals surface area contributed by atoms with Crippen molar-refractivity contribution in [2.75, 3.05) is 44.2 Å². The summed E-state index contributed by atoms with van der Waals surface area (Å²) in [6, 6.07) is 6.57. The van der Waals surface area contributed by atoms with Gasteiger partial charge in [0, 0.05) is 32.4 Å². The molecule has 0 saturated carbocycles. The van der Waals surface area contributed by atoms with E-state index in [0.29, 0.717) is 32.0 Å². The number of aromatic nitrogens is 1. The first-order valence-electron chi connectivity index (χ1n) is 10.5. The average molecular weight is 438 g/mol. The molecular formula is C23H30F3N3O2. The van der Waals surface area contributed by atoms with E-state index in [1.165, 1.54) is 6.07 Å². The molecule has 3 rings (SSSR count). The standard InChI is InChI=1S/C23H30F3N3O2/c1-16-5-6-17(2)22(18(16)3)31-15-20(30)14-28-9-4-10-29(12-11-28)21-8-7-19(13-27-21)23(24,25)26/h5-8,13,20,30H,4,9-12,14-15H2,1-3H3. The third-order valence-electron chi connectivity index (χ3n) is 5.75. The summed E-state index contributed by atoms with van der Waals surface area (Å²) in [6.07, 6.45) is -3.29. The van der Waals surface area contributed by atoms with E-state index in [2.05, 4.69) is 16.0 Å². The molecule has 31 heavy (non-hydrogen) atoms. The van der Waals surface area contributed by atoms with E-state index >= 15 is 0 Å². The van der Waals surface area contributed by atoms with E-state index in [1.54, 1.807) is 0 Å². The molecule has 8 heteroatoms. The number of aryl methyl sites for hydroxylation is 2. The number of halogens is 3. The molecule has 0 spiro atoms. The normalized spacial score (nSPS) is 16.8. The number of aliphatic hydroxyl groups excluding tert-OH is 1. The molecule has 0 bridgehead atoms. The third-order valence-corrected chi connectivity index (χ3v) is 5.75. The predicted octanol–water partition coefficient (Wildman–Crippen LogP) is 3.98. The molecule has 5 nitrogen and oxygen atoms in total. The largest absolute Gasteiger partial charge is 0.490 e. The lowest BCUT2D eigenvalue weighted by molar-refractivity contribution is -0.137. The van der Waals surface area contributed by atoms with Gasteiger partial charge in [-0.15, -0.1) is 0 Å². The molecule has 1 unspecified atom stereocenters. The second kappa shape index (κ2) is 9.87. The van der Waals surface area contributed by atoms with Crippen molar-refractivity contribution >= 4 is 5.82 Å². The van der Waals surface area contributed by atoms with Crippen LogP contribution in [0.3, 0.4) is 0 Å². The molecular weight excluding hydrogens is 407 g/mol. The quantitative estimate of drug-likeness (QED) is 0.741. The van der Waals surface area contributed by atoms with E-state index in [9.17, 15) is 18.3 Å². The molecule has 1 aromatic carbocycles. The highest BCUT2D eigenvalue weighted by Gasteiger charge is 2.31. The Morgan fingerprint density at radius 3 is 2.45 bits per heavy atom. The molecule has 1 aliphatic rings. The molecule has 1 N–H and O–H groups in total. The number of β-amino-alcohol motifs (C(OH)–C–C–N with tert-alkyl or cyclic N) is 1. The molecule has 1 aliphatic heterocycles. The molecule has 2 heterocycles. The number of hydrogen-bond acceptors (Lipinski definition) is 5. The van der Waals surface area contributed by atoms with Crippen molar-refractivity contribution in [1.82, 2.24) is 9.88 Å². The Balaban J connectivity index is 1.51.